The summed E-state index contributed by atoms with van der Waals surface area (Å²) in [5.74, 6) is -0.0541. The normalized spacial score (nSPS) is 12.2. The minimum atomic E-state index is -4.20. The first-order valence-electron chi connectivity index (χ1n) is 5.67. The van der Waals surface area contributed by atoms with Crippen molar-refractivity contribution in [3.63, 3.8) is 0 Å². The van der Waals surface area contributed by atoms with Crippen molar-refractivity contribution in [2.45, 2.75) is 25.9 Å². The Morgan fingerprint density at radius 1 is 1.17 bits per heavy atom. The number of guanidine groups is 1. The van der Waals surface area contributed by atoms with Crippen LogP contribution in [0.15, 0.2) is 4.99 Å². The van der Waals surface area contributed by atoms with E-state index in [1.54, 1.807) is 0 Å². The smallest absolute Gasteiger partial charge is 0.356 e. The number of carbonyl (C=O) groups is 1. The molecule has 0 radical (unpaired) electrons. The third kappa shape index (κ3) is 9.73. The van der Waals surface area contributed by atoms with Gasteiger partial charge in [0, 0.05) is 20.1 Å². The standard InChI is InChI=1S/C10H19F3N4O/c1-3-5-15-8(18)7-17-9(14-2)16-6-4-10(11,12)13/h3-7H2,1-2H3,(H,15,18)(H2,14,16,17). The summed E-state index contributed by atoms with van der Waals surface area (Å²) in [5.41, 5.74) is 0. The van der Waals surface area contributed by atoms with Gasteiger partial charge in [-0.05, 0) is 6.42 Å². The van der Waals surface area contributed by atoms with E-state index in [0.29, 0.717) is 6.54 Å². The Morgan fingerprint density at radius 2 is 1.83 bits per heavy atom. The van der Waals surface area contributed by atoms with Crippen molar-refractivity contribution in [1.82, 2.24) is 16.0 Å². The summed E-state index contributed by atoms with van der Waals surface area (Å²) in [4.78, 5) is 14.9. The highest BCUT2D eigenvalue weighted by molar-refractivity contribution is 5.86. The molecule has 1 amide bonds. The summed E-state index contributed by atoms with van der Waals surface area (Å²) < 4.78 is 35.7. The van der Waals surface area contributed by atoms with Crippen LogP contribution in [0.3, 0.4) is 0 Å². The topological polar surface area (TPSA) is 65.5 Å². The molecule has 0 unspecified atom stereocenters. The largest absolute Gasteiger partial charge is 0.390 e. The van der Waals surface area contributed by atoms with E-state index in [4.69, 9.17) is 0 Å². The number of rotatable bonds is 6. The average Bonchev–Trinajstić information content (AvgIpc) is 2.29. The van der Waals surface area contributed by atoms with Gasteiger partial charge in [-0.3, -0.25) is 9.79 Å². The SMILES string of the molecule is CCCNC(=O)CNC(=NC)NCCC(F)(F)F. The summed E-state index contributed by atoms with van der Waals surface area (Å²) in [6.45, 7) is 2.19. The second kappa shape index (κ2) is 8.60. The van der Waals surface area contributed by atoms with Crippen LogP contribution in [-0.4, -0.2) is 44.7 Å². The molecule has 0 heterocycles. The molecular weight excluding hydrogens is 249 g/mol. The minimum absolute atomic E-state index is 0.0221. The molecule has 5 nitrogen and oxygen atoms in total. The number of nitrogens with zero attached hydrogens (tertiary/aromatic N) is 1. The second-order valence-corrected chi connectivity index (χ2v) is 3.57. The Hall–Kier alpha value is -1.47. The number of alkyl halides is 3. The summed E-state index contributed by atoms with van der Waals surface area (Å²) in [6, 6.07) is 0. The van der Waals surface area contributed by atoms with E-state index >= 15 is 0 Å². The van der Waals surface area contributed by atoms with Crippen molar-refractivity contribution in [2.24, 2.45) is 4.99 Å². The maximum atomic E-state index is 11.9. The molecule has 0 saturated carbocycles. The van der Waals surface area contributed by atoms with E-state index in [2.05, 4.69) is 20.9 Å². The van der Waals surface area contributed by atoms with Gasteiger partial charge in [-0.25, -0.2) is 0 Å². The fourth-order valence-electron chi connectivity index (χ4n) is 1.03. The molecule has 18 heavy (non-hydrogen) atoms. The summed E-state index contributed by atoms with van der Waals surface area (Å²) in [6.07, 6.45) is -4.33. The molecule has 0 atom stereocenters. The number of nitrogens with one attached hydrogen (secondary N) is 3. The van der Waals surface area contributed by atoms with Gasteiger partial charge >= 0.3 is 6.18 Å². The molecule has 0 aliphatic carbocycles. The molecule has 8 heteroatoms. The molecule has 0 bridgehead atoms. The lowest BCUT2D eigenvalue weighted by atomic mass is 10.4. The van der Waals surface area contributed by atoms with Crippen LogP contribution >= 0.6 is 0 Å². The Morgan fingerprint density at radius 3 is 2.33 bits per heavy atom. The average molecular weight is 268 g/mol. The molecule has 0 rings (SSSR count). The molecule has 3 N–H and O–H groups in total. The van der Waals surface area contributed by atoms with Gasteiger partial charge in [0.25, 0.3) is 0 Å². The number of halogens is 3. The second-order valence-electron chi connectivity index (χ2n) is 3.57. The van der Waals surface area contributed by atoms with Gasteiger partial charge in [0.05, 0.1) is 13.0 Å². The summed E-state index contributed by atoms with van der Waals surface area (Å²) in [5, 5.41) is 7.73. The fraction of sp³-hybridized carbons (Fsp3) is 0.800. The molecule has 0 spiro atoms. The molecule has 0 saturated heterocycles. The van der Waals surface area contributed by atoms with Crippen LogP contribution in [0.2, 0.25) is 0 Å². The Labute approximate surface area is 104 Å². The molecule has 106 valence electrons. The molecule has 0 aromatic heterocycles. The zero-order chi connectivity index (χ0) is 14.0. The van der Waals surface area contributed by atoms with Crippen molar-refractivity contribution in [3.05, 3.63) is 0 Å². The first-order valence-corrected chi connectivity index (χ1v) is 5.67. The van der Waals surface area contributed by atoms with E-state index in [9.17, 15) is 18.0 Å². The Balaban J connectivity index is 3.82. The number of hydrogen-bond donors (Lipinski definition) is 3. The highest BCUT2D eigenvalue weighted by Crippen LogP contribution is 2.17. The van der Waals surface area contributed by atoms with Crippen molar-refractivity contribution >= 4 is 11.9 Å². The zero-order valence-electron chi connectivity index (χ0n) is 10.5. The molecule has 0 aromatic rings. The van der Waals surface area contributed by atoms with Gasteiger partial charge in [0.15, 0.2) is 5.96 Å². The number of aliphatic imine (C=N–C) groups is 1. The van der Waals surface area contributed by atoms with E-state index in [-0.39, 0.29) is 25.0 Å². The maximum Gasteiger partial charge on any atom is 0.390 e. The predicted molar refractivity (Wildman–Crippen MR) is 63.3 cm³/mol. The highest BCUT2D eigenvalue weighted by atomic mass is 19.4. The minimum Gasteiger partial charge on any atom is -0.356 e. The van der Waals surface area contributed by atoms with Gasteiger partial charge in [0.2, 0.25) is 5.91 Å². The Bertz CT molecular complexity index is 279. The van der Waals surface area contributed by atoms with Gasteiger partial charge < -0.3 is 16.0 Å². The van der Waals surface area contributed by atoms with Crippen molar-refractivity contribution in [3.8, 4) is 0 Å². The van der Waals surface area contributed by atoms with Gasteiger partial charge in [-0.1, -0.05) is 6.92 Å². The monoisotopic (exact) mass is 268 g/mol. The lowest BCUT2D eigenvalue weighted by Crippen LogP contribution is -2.44. The third-order valence-electron chi connectivity index (χ3n) is 1.91. The molecular formula is C10H19F3N4O. The Kier molecular flexibility index (Phi) is 7.89. The van der Waals surface area contributed by atoms with Crippen LogP contribution < -0.4 is 16.0 Å². The number of amides is 1. The van der Waals surface area contributed by atoms with Crippen LogP contribution in [0, 0.1) is 0 Å². The van der Waals surface area contributed by atoms with E-state index in [1.165, 1.54) is 7.05 Å². The van der Waals surface area contributed by atoms with Crippen LogP contribution in [0.4, 0.5) is 13.2 Å². The van der Waals surface area contributed by atoms with Crippen LogP contribution in [0.1, 0.15) is 19.8 Å². The van der Waals surface area contributed by atoms with E-state index < -0.39 is 12.6 Å². The molecule has 0 aliphatic rings. The third-order valence-corrected chi connectivity index (χ3v) is 1.91. The quantitative estimate of drug-likeness (QED) is 0.489. The van der Waals surface area contributed by atoms with Crippen molar-refractivity contribution in [1.29, 1.82) is 0 Å². The van der Waals surface area contributed by atoms with Crippen LogP contribution in [0.25, 0.3) is 0 Å². The van der Waals surface area contributed by atoms with Crippen LogP contribution in [-0.2, 0) is 4.79 Å². The maximum absolute atomic E-state index is 11.9. The lowest BCUT2D eigenvalue weighted by molar-refractivity contribution is -0.132. The fourth-order valence-corrected chi connectivity index (χ4v) is 1.03. The first kappa shape index (κ1) is 16.5. The molecule has 0 fully saturated rings. The number of hydrogen-bond acceptors (Lipinski definition) is 2. The van der Waals surface area contributed by atoms with E-state index in [1.807, 2.05) is 6.92 Å². The van der Waals surface area contributed by atoms with Gasteiger partial charge in [-0.15, -0.1) is 0 Å². The van der Waals surface area contributed by atoms with Gasteiger partial charge in [-0.2, -0.15) is 13.2 Å². The van der Waals surface area contributed by atoms with Gasteiger partial charge in [0.1, 0.15) is 0 Å². The van der Waals surface area contributed by atoms with Crippen molar-refractivity contribution < 1.29 is 18.0 Å². The van der Waals surface area contributed by atoms with Crippen molar-refractivity contribution in [2.75, 3.05) is 26.7 Å². The zero-order valence-corrected chi connectivity index (χ0v) is 10.5. The molecule has 0 aromatic carbocycles. The first-order chi connectivity index (χ1) is 8.39. The van der Waals surface area contributed by atoms with E-state index in [0.717, 1.165) is 6.42 Å². The predicted octanol–water partition coefficient (Wildman–Crippen LogP) is 0.630. The summed E-state index contributed by atoms with van der Waals surface area (Å²) in [7, 11) is 1.42. The summed E-state index contributed by atoms with van der Waals surface area (Å²) >= 11 is 0. The number of carbonyl (C=O) groups excluding carboxylic acids is 1. The molecule has 0 aliphatic heterocycles. The lowest BCUT2D eigenvalue weighted by Gasteiger charge is -2.12. The highest BCUT2D eigenvalue weighted by Gasteiger charge is 2.26. The van der Waals surface area contributed by atoms with Crippen LogP contribution in [0.5, 0.6) is 0 Å².